The molecule has 39 heavy (non-hydrogen) atoms. The van der Waals surface area contributed by atoms with Crippen LogP contribution < -0.4 is 5.56 Å². The molecule has 5 aromatic rings. The van der Waals surface area contributed by atoms with E-state index in [2.05, 4.69) is 56.9 Å². The number of aryl methyl sites for hydroxylation is 1. The van der Waals surface area contributed by atoms with E-state index in [9.17, 15) is 9.90 Å². The number of para-hydroxylation sites is 1. The Balaban J connectivity index is 1.54. The number of fused-ring (bicyclic) bond motifs is 1. The highest BCUT2D eigenvalue weighted by Gasteiger charge is 2.14. The molecule has 0 spiro atoms. The smallest absolute Gasteiger partial charge is 0.266 e. The van der Waals surface area contributed by atoms with Gasteiger partial charge in [-0.3, -0.25) is 9.36 Å². The summed E-state index contributed by atoms with van der Waals surface area (Å²) in [7, 11) is 0. The quantitative estimate of drug-likeness (QED) is 0.260. The predicted molar refractivity (Wildman–Crippen MR) is 160 cm³/mol. The summed E-state index contributed by atoms with van der Waals surface area (Å²) in [5.74, 6) is 7.24. The largest absolute Gasteiger partial charge is 0.508 e. The Morgan fingerprint density at radius 2 is 1.49 bits per heavy atom. The second-order valence-corrected chi connectivity index (χ2v) is 10.6. The molecule has 0 aliphatic heterocycles. The summed E-state index contributed by atoms with van der Waals surface area (Å²) < 4.78 is 1.65. The lowest BCUT2D eigenvalue weighted by Crippen LogP contribution is -2.23. The third kappa shape index (κ3) is 5.68. The molecule has 1 heterocycles. The molecule has 0 radical (unpaired) electrons. The molecule has 0 saturated carbocycles. The number of hydrogen-bond acceptors (Lipinski definition) is 3. The first-order valence-corrected chi connectivity index (χ1v) is 12.9. The minimum atomic E-state index is -0.133. The van der Waals surface area contributed by atoms with Crippen LogP contribution in [0.25, 0.3) is 28.7 Å². The zero-order chi connectivity index (χ0) is 27.6. The van der Waals surface area contributed by atoms with Crippen molar-refractivity contribution in [1.29, 1.82) is 0 Å². The van der Waals surface area contributed by atoms with Crippen LogP contribution in [0, 0.1) is 18.8 Å². The molecule has 4 aromatic carbocycles. The SMILES string of the molecule is Cc1cc(C#Cc2ccc(C(C)(C)C)cc2)ccc1-n1c(/C=C/c2ccc(O)cc2)nc2ccccc2c1=O. The average molecular weight is 511 g/mol. The second kappa shape index (κ2) is 10.5. The van der Waals surface area contributed by atoms with Gasteiger partial charge in [-0.2, -0.15) is 0 Å². The average Bonchev–Trinajstić information content (AvgIpc) is 2.92. The molecule has 1 aromatic heterocycles. The van der Waals surface area contributed by atoms with Crippen LogP contribution in [-0.2, 0) is 5.41 Å². The summed E-state index contributed by atoms with van der Waals surface area (Å²) in [5, 5.41) is 10.2. The van der Waals surface area contributed by atoms with Gasteiger partial charge in [-0.15, -0.1) is 0 Å². The molecule has 0 aliphatic carbocycles. The highest BCUT2D eigenvalue weighted by Crippen LogP contribution is 2.23. The maximum absolute atomic E-state index is 13.7. The molecule has 4 nitrogen and oxygen atoms in total. The van der Waals surface area contributed by atoms with Crippen molar-refractivity contribution < 1.29 is 5.11 Å². The number of phenolic OH excluding ortho intramolecular Hbond substituents is 1. The Bertz CT molecular complexity index is 1810. The fraction of sp³-hybridized carbons (Fsp3) is 0.143. The highest BCUT2D eigenvalue weighted by molar-refractivity contribution is 5.80. The van der Waals surface area contributed by atoms with E-state index in [1.165, 1.54) is 5.56 Å². The molecule has 4 heteroatoms. The summed E-state index contributed by atoms with van der Waals surface area (Å²) in [4.78, 5) is 18.5. The fourth-order valence-corrected chi connectivity index (χ4v) is 4.43. The second-order valence-electron chi connectivity index (χ2n) is 10.6. The van der Waals surface area contributed by atoms with Gasteiger partial charge >= 0.3 is 0 Å². The molecular formula is C35H30N2O2. The summed E-state index contributed by atoms with van der Waals surface area (Å²) in [6.45, 7) is 8.57. The minimum Gasteiger partial charge on any atom is -0.508 e. The Morgan fingerprint density at radius 3 is 2.18 bits per heavy atom. The van der Waals surface area contributed by atoms with Crippen LogP contribution in [0.2, 0.25) is 0 Å². The summed E-state index contributed by atoms with van der Waals surface area (Å²) >= 11 is 0. The van der Waals surface area contributed by atoms with Gasteiger partial charge in [0.25, 0.3) is 5.56 Å². The van der Waals surface area contributed by atoms with Crippen LogP contribution in [-0.4, -0.2) is 14.7 Å². The normalized spacial score (nSPS) is 11.5. The van der Waals surface area contributed by atoms with Gasteiger partial charge in [0.2, 0.25) is 0 Å². The zero-order valence-corrected chi connectivity index (χ0v) is 22.6. The Labute approximate surface area is 228 Å². The number of hydrogen-bond donors (Lipinski definition) is 1. The van der Waals surface area contributed by atoms with Gasteiger partial charge in [0, 0.05) is 11.1 Å². The fourth-order valence-electron chi connectivity index (χ4n) is 4.43. The van der Waals surface area contributed by atoms with Crippen molar-refractivity contribution in [2.24, 2.45) is 0 Å². The van der Waals surface area contributed by atoms with E-state index in [-0.39, 0.29) is 16.7 Å². The van der Waals surface area contributed by atoms with Crippen LogP contribution in [0.5, 0.6) is 5.75 Å². The first-order chi connectivity index (χ1) is 18.7. The first kappa shape index (κ1) is 25.8. The van der Waals surface area contributed by atoms with Gasteiger partial charge in [-0.25, -0.2) is 4.98 Å². The molecule has 5 rings (SSSR count). The van der Waals surface area contributed by atoms with Gasteiger partial charge in [-0.05, 0) is 89.7 Å². The molecule has 0 saturated heterocycles. The van der Waals surface area contributed by atoms with Gasteiger partial charge in [-0.1, -0.05) is 75.1 Å². The number of rotatable bonds is 3. The standard InChI is InChI=1S/C35H30N2O2/c1-24-23-27(10-9-25-11-17-28(18-12-25)35(2,3)4)15-21-32(24)37-33(22-16-26-13-19-29(38)20-14-26)36-31-8-6-5-7-30(31)34(37)39/h5-8,11-23,38H,1-4H3/b22-16+. The molecule has 0 aliphatic rings. The Hall–Kier alpha value is -4.88. The number of phenols is 1. The zero-order valence-electron chi connectivity index (χ0n) is 22.6. The van der Waals surface area contributed by atoms with E-state index < -0.39 is 0 Å². The highest BCUT2D eigenvalue weighted by atomic mass is 16.3. The maximum Gasteiger partial charge on any atom is 0.266 e. The van der Waals surface area contributed by atoms with Crippen molar-refractivity contribution in [3.8, 4) is 23.3 Å². The van der Waals surface area contributed by atoms with Gasteiger partial charge in [0.05, 0.1) is 16.6 Å². The molecule has 0 atom stereocenters. The van der Waals surface area contributed by atoms with Crippen molar-refractivity contribution in [1.82, 2.24) is 9.55 Å². The van der Waals surface area contributed by atoms with Crippen LogP contribution >= 0.6 is 0 Å². The van der Waals surface area contributed by atoms with E-state index in [1.54, 1.807) is 22.8 Å². The molecule has 0 unspecified atom stereocenters. The lowest BCUT2D eigenvalue weighted by atomic mass is 9.87. The third-order valence-electron chi connectivity index (χ3n) is 6.66. The van der Waals surface area contributed by atoms with Crippen molar-refractivity contribution in [2.75, 3.05) is 0 Å². The topological polar surface area (TPSA) is 55.1 Å². The van der Waals surface area contributed by atoms with E-state index in [0.29, 0.717) is 16.7 Å². The van der Waals surface area contributed by atoms with Gasteiger partial charge in [0.1, 0.15) is 11.6 Å². The minimum absolute atomic E-state index is 0.104. The monoisotopic (exact) mass is 510 g/mol. The van der Waals surface area contributed by atoms with Crippen molar-refractivity contribution >= 4 is 23.1 Å². The van der Waals surface area contributed by atoms with Gasteiger partial charge in [0.15, 0.2) is 0 Å². The summed E-state index contributed by atoms with van der Waals surface area (Å²) in [5.41, 5.74) is 6.28. The number of aromatic nitrogens is 2. The Morgan fingerprint density at radius 1 is 0.821 bits per heavy atom. The van der Waals surface area contributed by atoms with E-state index in [0.717, 1.165) is 27.9 Å². The third-order valence-corrected chi connectivity index (χ3v) is 6.66. The summed E-state index contributed by atoms with van der Waals surface area (Å²) in [6.07, 6.45) is 3.71. The Kier molecular flexibility index (Phi) is 6.92. The molecular weight excluding hydrogens is 480 g/mol. The number of aromatic hydroxyl groups is 1. The van der Waals surface area contributed by atoms with Gasteiger partial charge < -0.3 is 5.11 Å². The van der Waals surface area contributed by atoms with Crippen LogP contribution in [0.3, 0.4) is 0 Å². The summed E-state index contributed by atoms with van der Waals surface area (Å²) in [6, 6.07) is 28.5. The number of nitrogens with zero attached hydrogens (tertiary/aromatic N) is 2. The van der Waals surface area contributed by atoms with E-state index >= 15 is 0 Å². The van der Waals surface area contributed by atoms with Crippen LogP contribution in [0.15, 0.2) is 95.8 Å². The molecule has 192 valence electrons. The number of benzene rings is 4. The lowest BCUT2D eigenvalue weighted by Gasteiger charge is -2.18. The molecule has 0 fully saturated rings. The molecule has 0 amide bonds. The van der Waals surface area contributed by atoms with Crippen molar-refractivity contribution in [2.45, 2.75) is 33.1 Å². The lowest BCUT2D eigenvalue weighted by molar-refractivity contribution is 0.475. The van der Waals surface area contributed by atoms with E-state index in [4.69, 9.17) is 4.98 Å². The van der Waals surface area contributed by atoms with E-state index in [1.807, 2.05) is 67.6 Å². The first-order valence-electron chi connectivity index (χ1n) is 12.9. The predicted octanol–water partition coefficient (Wildman–Crippen LogP) is 7.27. The van der Waals surface area contributed by atoms with Crippen molar-refractivity contribution in [3.63, 3.8) is 0 Å². The van der Waals surface area contributed by atoms with Crippen LogP contribution in [0.4, 0.5) is 0 Å². The maximum atomic E-state index is 13.7. The molecule has 0 bridgehead atoms. The van der Waals surface area contributed by atoms with Crippen LogP contribution in [0.1, 0.15) is 54.4 Å². The molecule has 1 N–H and O–H groups in total. The van der Waals surface area contributed by atoms with Crippen molar-refractivity contribution in [3.05, 3.63) is 135 Å².